The van der Waals surface area contributed by atoms with E-state index in [0.717, 1.165) is 35.5 Å². The van der Waals surface area contributed by atoms with Gasteiger partial charge in [-0.15, -0.1) is 0 Å². The van der Waals surface area contributed by atoms with Gasteiger partial charge in [-0.25, -0.2) is 9.78 Å². The number of benzene rings is 1. The molecule has 3 N–H and O–H groups in total. The van der Waals surface area contributed by atoms with E-state index in [9.17, 15) is 15.3 Å². The molecule has 2 amide bonds. The van der Waals surface area contributed by atoms with Crippen LogP contribution in [0.25, 0.3) is 11.3 Å². The molecule has 164 valence electrons. The van der Waals surface area contributed by atoms with Crippen LogP contribution in [-0.2, 0) is 12.0 Å². The molecule has 5 rings (SSSR count). The number of nitrogens with two attached hydrogens (primary N) is 1. The highest BCUT2D eigenvalue weighted by atomic mass is 16.2. The van der Waals surface area contributed by atoms with Crippen molar-refractivity contribution in [1.29, 1.82) is 10.5 Å². The number of nitrogens with zero attached hydrogens (tertiary/aromatic N) is 6. The second kappa shape index (κ2) is 7.64. The molecule has 0 bridgehead atoms. The fourth-order valence-electron chi connectivity index (χ4n) is 4.79. The van der Waals surface area contributed by atoms with E-state index in [-0.39, 0.29) is 23.3 Å². The number of fused-ring (bicyclic) bond motifs is 2. The first kappa shape index (κ1) is 20.5. The van der Waals surface area contributed by atoms with Crippen molar-refractivity contribution in [3.05, 3.63) is 65.0 Å². The average molecular weight is 438 g/mol. The zero-order chi connectivity index (χ0) is 23.2. The molecular weight excluding hydrogens is 416 g/mol. The Labute approximate surface area is 191 Å². The topological polar surface area (TPSA) is 137 Å². The summed E-state index contributed by atoms with van der Waals surface area (Å²) < 4.78 is 1.98. The fraction of sp³-hybridized carbons (Fsp3) is 0.292. The molecule has 4 heterocycles. The van der Waals surface area contributed by atoms with Crippen molar-refractivity contribution >= 4 is 11.8 Å². The van der Waals surface area contributed by atoms with Crippen LogP contribution in [0.5, 0.6) is 0 Å². The maximum Gasteiger partial charge on any atom is 0.317 e. The lowest BCUT2D eigenvalue weighted by molar-refractivity contribution is 0.0906. The highest BCUT2D eigenvalue weighted by Gasteiger charge is 2.51. The van der Waals surface area contributed by atoms with E-state index in [2.05, 4.69) is 22.4 Å². The average Bonchev–Trinajstić information content (AvgIpc) is 3.37. The smallest absolute Gasteiger partial charge is 0.317 e. The SMILES string of the molecule is CC(NC(=O)N1CC2(CCn3nc(-c4cnc(N)c(C#N)c4)cc32)C1)c1ccccc1C#N. The van der Waals surface area contributed by atoms with Gasteiger partial charge in [0.25, 0.3) is 0 Å². The van der Waals surface area contributed by atoms with Gasteiger partial charge >= 0.3 is 6.03 Å². The van der Waals surface area contributed by atoms with Gasteiger partial charge in [-0.05, 0) is 37.1 Å². The van der Waals surface area contributed by atoms with E-state index in [0.29, 0.717) is 24.2 Å². The van der Waals surface area contributed by atoms with Gasteiger partial charge in [-0.2, -0.15) is 15.6 Å². The molecule has 1 saturated heterocycles. The predicted octanol–water partition coefficient (Wildman–Crippen LogP) is 2.70. The number of carbonyl (C=O) groups is 1. The number of urea groups is 1. The standard InChI is InChI=1S/C24H22N8O/c1-15(19-5-3-2-4-16(19)10-25)29-23(33)31-13-24(14-31)6-7-32-21(24)9-20(30-32)18-8-17(11-26)22(27)28-12-18/h2-5,8-9,12,15H,6-7,13-14H2,1H3,(H2,27,28)(H,29,33). The monoisotopic (exact) mass is 438 g/mol. The Morgan fingerprint density at radius 2 is 1.97 bits per heavy atom. The molecule has 9 nitrogen and oxygen atoms in total. The summed E-state index contributed by atoms with van der Waals surface area (Å²) in [5.41, 5.74) is 9.91. The molecule has 2 aliphatic rings. The third-order valence-electron chi connectivity index (χ3n) is 6.62. The number of nitrogens with one attached hydrogen (secondary N) is 1. The van der Waals surface area contributed by atoms with Crippen molar-refractivity contribution in [2.45, 2.75) is 31.3 Å². The Bertz CT molecular complexity index is 1340. The van der Waals surface area contributed by atoms with E-state index in [4.69, 9.17) is 10.8 Å². The number of likely N-dealkylation sites (tertiary alicyclic amines) is 1. The van der Waals surface area contributed by atoms with Gasteiger partial charge in [0.1, 0.15) is 11.9 Å². The third-order valence-corrected chi connectivity index (χ3v) is 6.62. The molecule has 2 aliphatic heterocycles. The number of rotatable bonds is 3. The predicted molar refractivity (Wildman–Crippen MR) is 121 cm³/mol. The molecule has 2 aromatic heterocycles. The third kappa shape index (κ3) is 3.35. The lowest BCUT2D eigenvalue weighted by Gasteiger charge is -2.47. The molecule has 33 heavy (non-hydrogen) atoms. The lowest BCUT2D eigenvalue weighted by Crippen LogP contribution is -2.62. The van der Waals surface area contributed by atoms with Crippen molar-refractivity contribution in [2.75, 3.05) is 18.8 Å². The molecule has 1 atom stereocenters. The van der Waals surface area contributed by atoms with Crippen molar-refractivity contribution in [3.8, 4) is 23.4 Å². The Kier molecular flexibility index (Phi) is 4.75. The molecular formula is C24H22N8O. The van der Waals surface area contributed by atoms with E-state index < -0.39 is 0 Å². The Morgan fingerprint density at radius 3 is 2.73 bits per heavy atom. The Hall–Kier alpha value is -4.37. The first-order valence-electron chi connectivity index (χ1n) is 10.7. The second-order valence-corrected chi connectivity index (χ2v) is 8.66. The van der Waals surface area contributed by atoms with Gasteiger partial charge in [-0.3, -0.25) is 4.68 Å². The molecule has 3 aromatic rings. The van der Waals surface area contributed by atoms with Gasteiger partial charge in [-0.1, -0.05) is 18.2 Å². The van der Waals surface area contributed by atoms with Crippen LogP contribution >= 0.6 is 0 Å². The largest absolute Gasteiger partial charge is 0.383 e. The molecule has 1 spiro atoms. The Balaban J connectivity index is 1.29. The number of amides is 2. The van der Waals surface area contributed by atoms with Gasteiger partial charge in [0.2, 0.25) is 0 Å². The molecule has 9 heteroatoms. The minimum atomic E-state index is -0.266. The van der Waals surface area contributed by atoms with Gasteiger partial charge in [0.05, 0.1) is 28.9 Å². The lowest BCUT2D eigenvalue weighted by atomic mass is 9.76. The summed E-state index contributed by atoms with van der Waals surface area (Å²) in [5.74, 6) is 0.205. The number of nitrogen functional groups attached to an aromatic ring is 1. The molecule has 0 saturated carbocycles. The summed E-state index contributed by atoms with van der Waals surface area (Å²) in [5, 5.41) is 26.3. The molecule has 1 unspecified atom stereocenters. The minimum absolute atomic E-state index is 0.115. The first-order valence-corrected chi connectivity index (χ1v) is 10.7. The van der Waals surface area contributed by atoms with Crippen LogP contribution in [0.15, 0.2) is 42.6 Å². The maximum absolute atomic E-state index is 12.8. The van der Waals surface area contributed by atoms with Gasteiger partial charge in [0, 0.05) is 42.5 Å². The highest BCUT2D eigenvalue weighted by molar-refractivity contribution is 5.76. The molecule has 1 fully saturated rings. The number of carbonyl (C=O) groups excluding carboxylic acids is 1. The summed E-state index contributed by atoms with van der Waals surface area (Å²) in [6, 6.07) is 14.9. The second-order valence-electron chi connectivity index (χ2n) is 8.66. The number of pyridine rings is 1. The van der Waals surface area contributed by atoms with Crippen LogP contribution in [0, 0.1) is 22.7 Å². The van der Waals surface area contributed by atoms with Crippen molar-refractivity contribution in [1.82, 2.24) is 25.0 Å². The van der Waals surface area contributed by atoms with Crippen LogP contribution in [0.4, 0.5) is 10.6 Å². The van der Waals surface area contributed by atoms with Crippen LogP contribution < -0.4 is 11.1 Å². The normalized spacial score (nSPS) is 16.4. The minimum Gasteiger partial charge on any atom is -0.383 e. The van der Waals surface area contributed by atoms with Gasteiger partial charge in [0.15, 0.2) is 0 Å². The van der Waals surface area contributed by atoms with Crippen LogP contribution in [0.2, 0.25) is 0 Å². The number of anilines is 1. The fourth-order valence-corrected chi connectivity index (χ4v) is 4.79. The summed E-state index contributed by atoms with van der Waals surface area (Å²) in [4.78, 5) is 18.8. The van der Waals surface area contributed by atoms with E-state index in [1.807, 2.05) is 35.9 Å². The quantitative estimate of drug-likeness (QED) is 0.645. The number of hydrogen-bond acceptors (Lipinski definition) is 6. The van der Waals surface area contributed by atoms with Gasteiger partial charge < -0.3 is 16.0 Å². The first-order chi connectivity index (χ1) is 15.9. The Morgan fingerprint density at radius 1 is 1.21 bits per heavy atom. The van der Waals surface area contributed by atoms with E-state index in [1.165, 1.54) is 0 Å². The molecule has 1 aromatic carbocycles. The van der Waals surface area contributed by atoms with Crippen molar-refractivity contribution < 1.29 is 4.79 Å². The number of aromatic nitrogens is 3. The summed E-state index contributed by atoms with van der Waals surface area (Å²) in [6.45, 7) is 3.89. The summed E-state index contributed by atoms with van der Waals surface area (Å²) in [7, 11) is 0. The zero-order valence-electron chi connectivity index (χ0n) is 18.1. The van der Waals surface area contributed by atoms with E-state index >= 15 is 0 Å². The maximum atomic E-state index is 12.8. The molecule has 0 aliphatic carbocycles. The number of hydrogen-bond donors (Lipinski definition) is 2. The summed E-state index contributed by atoms with van der Waals surface area (Å²) >= 11 is 0. The van der Waals surface area contributed by atoms with Crippen molar-refractivity contribution in [3.63, 3.8) is 0 Å². The zero-order valence-corrected chi connectivity index (χ0v) is 18.1. The van der Waals surface area contributed by atoms with Crippen molar-refractivity contribution in [2.24, 2.45) is 0 Å². The number of nitriles is 2. The number of aryl methyl sites for hydroxylation is 1. The summed E-state index contributed by atoms with van der Waals surface area (Å²) in [6.07, 6.45) is 2.55. The van der Waals surface area contributed by atoms with Crippen LogP contribution in [0.1, 0.15) is 41.8 Å². The highest BCUT2D eigenvalue weighted by Crippen LogP contribution is 2.44. The van der Waals surface area contributed by atoms with Crippen LogP contribution in [-0.4, -0.2) is 38.8 Å². The van der Waals surface area contributed by atoms with E-state index in [1.54, 1.807) is 23.2 Å². The molecule has 0 radical (unpaired) electrons. The van der Waals surface area contributed by atoms with Crippen LogP contribution in [0.3, 0.4) is 0 Å².